The van der Waals surface area contributed by atoms with Gasteiger partial charge in [-0.2, -0.15) is 0 Å². The van der Waals surface area contributed by atoms with Crippen LogP contribution < -0.4 is 76.9 Å². The van der Waals surface area contributed by atoms with E-state index in [0.717, 1.165) is 37.9 Å². The van der Waals surface area contributed by atoms with Gasteiger partial charge in [-0.15, -0.1) is 0 Å². The van der Waals surface area contributed by atoms with Crippen LogP contribution in [0.4, 0.5) is 4.39 Å². The first kappa shape index (κ1) is 78.3. The molecule has 5 aromatic carbocycles. The Bertz CT molecular complexity index is 4040. The van der Waals surface area contributed by atoms with Gasteiger partial charge in [0.2, 0.25) is 59.1 Å². The molecule has 2 aliphatic rings. The summed E-state index contributed by atoms with van der Waals surface area (Å²) in [6.07, 6.45) is 1.68. The lowest BCUT2D eigenvalue weighted by Gasteiger charge is -2.31. The maximum atomic E-state index is 15.5. The summed E-state index contributed by atoms with van der Waals surface area (Å²) < 4.78 is 14.4. The van der Waals surface area contributed by atoms with Crippen LogP contribution in [-0.4, -0.2) is 178 Å². The minimum absolute atomic E-state index is 0.00578. The second kappa shape index (κ2) is 38.0. The number of fused-ring (bicyclic) bond motifs is 3. The van der Waals surface area contributed by atoms with Gasteiger partial charge in [0.1, 0.15) is 65.9 Å². The van der Waals surface area contributed by atoms with Crippen molar-refractivity contribution >= 4 is 114 Å². The van der Waals surface area contributed by atoms with Crippen LogP contribution in [0.25, 0.3) is 21.7 Å². The number of phenols is 1. The number of carbonyl (C=O) groups is 10. The van der Waals surface area contributed by atoms with E-state index in [1.165, 1.54) is 53.4 Å². The number of aromatic nitrogens is 1. The van der Waals surface area contributed by atoms with E-state index in [4.69, 9.17) is 34.4 Å². The molecule has 3 heterocycles. The number of para-hydroxylation sites is 1. The Kier molecular flexibility index (Phi) is 28.9. The second-order valence-electron chi connectivity index (χ2n) is 25.9. The number of nitrogens with zero attached hydrogens (tertiary/aromatic N) is 3. The Balaban J connectivity index is 1.16. The highest BCUT2D eigenvalue weighted by Gasteiger charge is 2.41. The highest BCUT2D eigenvalue weighted by atomic mass is 33.1. The molecule has 0 radical (unpaired) electrons. The van der Waals surface area contributed by atoms with Crippen molar-refractivity contribution in [2.45, 2.75) is 145 Å². The Hall–Kier alpha value is -10.5. The normalized spacial score (nSPS) is 20.6. The number of aromatic hydroxyl groups is 1. The molecule has 0 aliphatic carbocycles. The van der Waals surface area contributed by atoms with Gasteiger partial charge in [-0.25, -0.2) is 4.39 Å². The number of carbonyl (C=O) groups excluding carboxylic acids is 10. The monoisotopic (exact) mass is 1450 g/mol. The third kappa shape index (κ3) is 23.5. The van der Waals surface area contributed by atoms with Crippen LogP contribution in [0.2, 0.25) is 0 Å². The lowest BCUT2D eigenvalue weighted by atomic mass is 10.00. The predicted molar refractivity (Wildman–Crippen MR) is 393 cm³/mol. The summed E-state index contributed by atoms with van der Waals surface area (Å²) in [6.45, 7) is 3.74. The van der Waals surface area contributed by atoms with Gasteiger partial charge in [-0.1, -0.05) is 120 Å². The van der Waals surface area contributed by atoms with E-state index in [0.29, 0.717) is 34.0 Å². The van der Waals surface area contributed by atoms with Crippen LogP contribution in [0.5, 0.6) is 5.75 Å². The van der Waals surface area contributed by atoms with Crippen molar-refractivity contribution in [2.24, 2.45) is 50.3 Å². The van der Waals surface area contributed by atoms with Crippen LogP contribution in [0.3, 0.4) is 0 Å². The molecule has 1 aromatic heterocycles. The average Bonchev–Trinajstić information content (AvgIpc) is 1.73. The van der Waals surface area contributed by atoms with Crippen molar-refractivity contribution in [3.63, 3.8) is 0 Å². The molecule has 2 saturated heterocycles. The zero-order valence-corrected chi connectivity index (χ0v) is 58.9. The molecule has 0 saturated carbocycles. The van der Waals surface area contributed by atoms with E-state index in [-0.39, 0.29) is 119 Å². The number of amides is 10. The number of aliphatic imine (C=N–C) groups is 2. The number of hydrogen-bond donors (Lipinski definition) is 16. The lowest BCUT2D eigenvalue weighted by Crippen LogP contribution is -2.61. The molecule has 0 spiro atoms. The zero-order valence-electron chi connectivity index (χ0n) is 57.2. The van der Waals surface area contributed by atoms with E-state index >= 15 is 19.2 Å². The molecular weight excluding hydrogens is 1360 g/mol. The van der Waals surface area contributed by atoms with Gasteiger partial charge in [0.15, 0.2) is 11.9 Å². The van der Waals surface area contributed by atoms with E-state index in [9.17, 15) is 38.3 Å². The maximum Gasteiger partial charge on any atom is 0.245 e. The molecular formula is C71H91FN18O11S2. The number of primary amides is 1. The van der Waals surface area contributed by atoms with Crippen molar-refractivity contribution in [3.8, 4) is 5.75 Å². The van der Waals surface area contributed by atoms with Gasteiger partial charge >= 0.3 is 0 Å². The first-order valence-corrected chi connectivity index (χ1v) is 36.5. The summed E-state index contributed by atoms with van der Waals surface area (Å²) >= 11 is 0. The molecule has 29 nitrogen and oxygen atoms in total. The summed E-state index contributed by atoms with van der Waals surface area (Å²) in [5, 5.41) is 35.1. The van der Waals surface area contributed by atoms with Gasteiger partial charge < -0.3 is 91.9 Å². The number of rotatable bonds is 25. The fourth-order valence-corrected chi connectivity index (χ4v) is 14.5. The smallest absolute Gasteiger partial charge is 0.245 e. The van der Waals surface area contributed by atoms with Gasteiger partial charge in [-0.3, -0.25) is 57.9 Å². The number of nitrogens with one attached hydrogen (secondary N) is 9. The van der Waals surface area contributed by atoms with Gasteiger partial charge in [0, 0.05) is 67.5 Å². The summed E-state index contributed by atoms with van der Waals surface area (Å²) in [5.41, 5.74) is 37.8. The standard InChI is InChI=1S/C71H91FN18O11S2/c1-39(2)30-53-63(95)83-52(15-8-28-80-71(77)78)69(101)90-29-9-16-59(90)68(100)88-57(60(74)92)37-102-103-38-58(67(99)86-55(34-41-20-25-47(91)26-21-41)64(96)82-51(62(94)85-53)14-7-27-79-70(75)76)89-66(98)56(35-45-36-81-50-13-6-5-12-48(45)50)87-65(97)54(33-40-18-23-46(72)24-19-40)84-61(93)49(73)32-42-17-22-43-10-3-4-11-44(43)31-42/h3-6,10-13,17-26,31,36,39,49,51-59,81,91H,7-9,14-16,27-30,32-35,37-38,73H2,1-2H3,(H2,74,92)(H,82,96)(H,83,95)(H,84,93)(H,85,94)(H,86,99)(H,87,97)(H,88,100)(H,89,98)(H4,75,76,79)(H4,77,78,80)/t49-,51-,52+,53+,54-,55+,56-,57+,58+,59+/m1/s1. The number of guanidine groups is 2. The summed E-state index contributed by atoms with van der Waals surface area (Å²) in [4.78, 5) is 160. The predicted octanol–water partition coefficient (Wildman–Crippen LogP) is 0.667. The Morgan fingerprint density at radius 2 is 1.20 bits per heavy atom. The molecule has 103 heavy (non-hydrogen) atoms. The maximum absolute atomic E-state index is 15.5. The Labute approximate surface area is 602 Å². The van der Waals surface area contributed by atoms with Crippen LogP contribution in [0.1, 0.15) is 81.0 Å². The van der Waals surface area contributed by atoms with Crippen LogP contribution >= 0.6 is 21.6 Å². The highest BCUT2D eigenvalue weighted by Crippen LogP contribution is 2.27. The third-order valence-corrected chi connectivity index (χ3v) is 19.9. The zero-order chi connectivity index (χ0) is 74.3. The molecule has 10 atom stereocenters. The second-order valence-corrected chi connectivity index (χ2v) is 28.5. The van der Waals surface area contributed by atoms with Crippen molar-refractivity contribution in [3.05, 3.63) is 150 Å². The Morgan fingerprint density at radius 3 is 1.89 bits per heavy atom. The summed E-state index contributed by atoms with van der Waals surface area (Å²) in [5.74, 6) is -10.3. The molecule has 2 fully saturated rings. The van der Waals surface area contributed by atoms with Gasteiger partial charge in [-0.05, 0) is 121 Å². The fourth-order valence-electron chi connectivity index (χ4n) is 12.1. The van der Waals surface area contributed by atoms with E-state index in [1.807, 2.05) is 42.5 Å². The Morgan fingerprint density at radius 1 is 0.621 bits per heavy atom. The van der Waals surface area contributed by atoms with Crippen molar-refractivity contribution in [1.29, 1.82) is 0 Å². The number of benzene rings is 5. The SMILES string of the molecule is CC(C)C[C@@H]1NC(=O)[C@@H](CCCN=C(N)N)NC(=O)[C@H](Cc2ccc(O)cc2)NC(=O)[C@@H](NC(=O)[C@@H](Cc2c[nH]c3ccccc23)NC(=O)[C@@H](Cc2ccc(F)cc2)NC(=O)[C@H](N)Cc2ccc3ccccc3c2)CSSC[C@@H](C(N)=O)NC(=O)[C@@H]2CCCN2C(=O)[C@H](CCCN=C(N)N)NC1=O. The van der Waals surface area contributed by atoms with Crippen LogP contribution in [0.15, 0.2) is 131 Å². The number of nitrogens with two attached hydrogens (primary N) is 6. The topological polar surface area (TPSA) is 487 Å². The van der Waals surface area contributed by atoms with E-state index in [1.54, 1.807) is 44.3 Å². The van der Waals surface area contributed by atoms with E-state index < -0.39 is 125 Å². The molecule has 0 bridgehead atoms. The van der Waals surface area contributed by atoms with Crippen LogP contribution in [-0.2, 0) is 73.6 Å². The fraction of sp³-hybridized carbons (Fsp3) is 0.408. The number of halogens is 1. The number of phenolic OH excluding ortho intramolecular Hbond substituents is 1. The number of hydrogen-bond acceptors (Lipinski definition) is 16. The quantitative estimate of drug-likeness (QED) is 0.0162. The molecule has 22 N–H and O–H groups in total. The van der Waals surface area contributed by atoms with Crippen molar-refractivity contribution < 1.29 is 57.4 Å². The summed E-state index contributed by atoms with van der Waals surface area (Å²) in [6, 6.07) is 17.5. The highest BCUT2D eigenvalue weighted by molar-refractivity contribution is 8.76. The number of aromatic amines is 1. The average molecular weight is 1460 g/mol. The molecule has 6 aromatic rings. The van der Waals surface area contributed by atoms with Gasteiger partial charge in [0.25, 0.3) is 0 Å². The third-order valence-electron chi connectivity index (χ3n) is 17.5. The van der Waals surface area contributed by atoms with Gasteiger partial charge in [0.05, 0.1) is 6.04 Å². The molecule has 550 valence electrons. The van der Waals surface area contributed by atoms with E-state index in [2.05, 4.69) is 57.5 Å². The number of H-pyrrole nitrogens is 1. The largest absolute Gasteiger partial charge is 0.508 e. The molecule has 10 amide bonds. The molecule has 8 rings (SSSR count). The molecule has 32 heteroatoms. The minimum atomic E-state index is -1.63. The van der Waals surface area contributed by atoms with Crippen molar-refractivity contribution in [2.75, 3.05) is 31.1 Å². The molecule has 2 aliphatic heterocycles. The van der Waals surface area contributed by atoms with Crippen LogP contribution in [0, 0.1) is 11.7 Å². The molecule has 0 unspecified atom stereocenters. The summed E-state index contributed by atoms with van der Waals surface area (Å²) in [7, 11) is 1.93. The first-order valence-electron chi connectivity index (χ1n) is 34.0. The minimum Gasteiger partial charge on any atom is -0.508 e. The van der Waals surface area contributed by atoms with Crippen molar-refractivity contribution in [1.82, 2.24) is 52.4 Å². The lowest BCUT2D eigenvalue weighted by molar-refractivity contribution is -0.142. The first-order chi connectivity index (χ1) is 49.3.